The van der Waals surface area contributed by atoms with Gasteiger partial charge in [-0.15, -0.1) is 0 Å². The largest absolute Gasteiger partial charge is 0.480 e. The molecule has 0 saturated carbocycles. The van der Waals surface area contributed by atoms with E-state index in [9.17, 15) is 9.59 Å². The van der Waals surface area contributed by atoms with Crippen LogP contribution in [0.15, 0.2) is 0 Å². The summed E-state index contributed by atoms with van der Waals surface area (Å²) < 4.78 is 0. The van der Waals surface area contributed by atoms with Crippen molar-refractivity contribution in [3.63, 3.8) is 0 Å². The van der Waals surface area contributed by atoms with Gasteiger partial charge >= 0.3 is 5.97 Å². The predicted octanol–water partition coefficient (Wildman–Crippen LogP) is 0.554. The summed E-state index contributed by atoms with van der Waals surface area (Å²) in [6, 6.07) is 0.144. The van der Waals surface area contributed by atoms with Crippen molar-refractivity contribution in [2.75, 3.05) is 19.6 Å². The lowest BCUT2D eigenvalue weighted by atomic mass is 9.99. The Kier molecular flexibility index (Phi) is 4.93. The van der Waals surface area contributed by atoms with E-state index in [1.54, 1.807) is 0 Å². The van der Waals surface area contributed by atoms with Crippen LogP contribution in [0.2, 0.25) is 0 Å². The zero-order chi connectivity index (χ0) is 13.0. The molecule has 0 bridgehead atoms. The highest BCUT2D eigenvalue weighted by Gasteiger charge is 2.33. The standard InChI is InChI=1S/C12H22N2O3/c1-8(2)6-14(7-11(15)16)12(17)10-4-5-13-9(10)3/h8-10,13H,4-7H2,1-3H3,(H,15,16). The molecule has 5 nitrogen and oxygen atoms in total. The van der Waals surface area contributed by atoms with Crippen LogP contribution in [0.1, 0.15) is 27.2 Å². The zero-order valence-corrected chi connectivity index (χ0v) is 10.8. The van der Waals surface area contributed by atoms with E-state index in [1.165, 1.54) is 4.90 Å². The van der Waals surface area contributed by atoms with Gasteiger partial charge in [0.1, 0.15) is 6.54 Å². The van der Waals surface area contributed by atoms with E-state index >= 15 is 0 Å². The molecule has 1 amide bonds. The predicted molar refractivity (Wildman–Crippen MR) is 64.6 cm³/mol. The first-order valence-corrected chi connectivity index (χ1v) is 6.15. The molecule has 2 N–H and O–H groups in total. The number of aliphatic carboxylic acids is 1. The molecule has 1 fully saturated rings. The van der Waals surface area contributed by atoms with Crippen molar-refractivity contribution in [1.29, 1.82) is 0 Å². The second-order valence-corrected chi connectivity index (χ2v) is 5.14. The summed E-state index contributed by atoms with van der Waals surface area (Å²) >= 11 is 0. The number of hydrogen-bond acceptors (Lipinski definition) is 3. The number of carboxylic acids is 1. The van der Waals surface area contributed by atoms with Crippen LogP contribution in [0.4, 0.5) is 0 Å². The van der Waals surface area contributed by atoms with Crippen molar-refractivity contribution >= 4 is 11.9 Å². The van der Waals surface area contributed by atoms with Crippen LogP contribution in [0.3, 0.4) is 0 Å². The molecule has 2 unspecified atom stereocenters. The van der Waals surface area contributed by atoms with Crippen LogP contribution in [0, 0.1) is 11.8 Å². The van der Waals surface area contributed by atoms with Gasteiger partial charge in [0.25, 0.3) is 0 Å². The van der Waals surface area contributed by atoms with E-state index in [0.717, 1.165) is 13.0 Å². The molecule has 2 atom stereocenters. The van der Waals surface area contributed by atoms with Crippen LogP contribution < -0.4 is 5.32 Å². The van der Waals surface area contributed by atoms with Gasteiger partial charge in [0.2, 0.25) is 5.91 Å². The first kappa shape index (κ1) is 14.0. The van der Waals surface area contributed by atoms with E-state index in [1.807, 2.05) is 20.8 Å². The van der Waals surface area contributed by atoms with Gasteiger partial charge in [-0.2, -0.15) is 0 Å². The maximum absolute atomic E-state index is 12.2. The van der Waals surface area contributed by atoms with E-state index in [2.05, 4.69) is 5.32 Å². The highest BCUT2D eigenvalue weighted by molar-refractivity contribution is 5.83. The number of rotatable bonds is 5. The lowest BCUT2D eigenvalue weighted by Crippen LogP contribution is -2.44. The maximum atomic E-state index is 12.2. The molecule has 0 aromatic rings. The summed E-state index contributed by atoms with van der Waals surface area (Å²) in [6.45, 7) is 7.09. The molecule has 1 aliphatic rings. The summed E-state index contributed by atoms with van der Waals surface area (Å²) in [6.07, 6.45) is 0.800. The number of carbonyl (C=O) groups excluding carboxylic acids is 1. The Morgan fingerprint density at radius 2 is 2.12 bits per heavy atom. The van der Waals surface area contributed by atoms with E-state index < -0.39 is 5.97 Å². The lowest BCUT2D eigenvalue weighted by Gasteiger charge is -2.27. The molecule has 1 rings (SSSR count). The fourth-order valence-corrected chi connectivity index (χ4v) is 2.27. The highest BCUT2D eigenvalue weighted by atomic mass is 16.4. The minimum absolute atomic E-state index is 0.0291. The van der Waals surface area contributed by atoms with Crippen molar-refractivity contribution in [3.05, 3.63) is 0 Å². The molecule has 0 spiro atoms. The molecule has 1 saturated heterocycles. The molecule has 1 aliphatic heterocycles. The number of carbonyl (C=O) groups is 2. The second-order valence-electron chi connectivity index (χ2n) is 5.14. The first-order valence-electron chi connectivity index (χ1n) is 6.15. The van der Waals surface area contributed by atoms with Crippen LogP contribution in [0.25, 0.3) is 0 Å². The zero-order valence-electron chi connectivity index (χ0n) is 10.8. The van der Waals surface area contributed by atoms with E-state index in [-0.39, 0.29) is 30.3 Å². The fraction of sp³-hybridized carbons (Fsp3) is 0.833. The summed E-state index contributed by atoms with van der Waals surface area (Å²) in [5.41, 5.74) is 0. The molecule has 0 aromatic carbocycles. The van der Waals surface area contributed by atoms with Crippen LogP contribution in [-0.2, 0) is 9.59 Å². The molecule has 98 valence electrons. The van der Waals surface area contributed by atoms with Crippen molar-refractivity contribution in [2.45, 2.75) is 33.2 Å². The minimum Gasteiger partial charge on any atom is -0.480 e. The topological polar surface area (TPSA) is 69.6 Å². The highest BCUT2D eigenvalue weighted by Crippen LogP contribution is 2.18. The number of carboxylic acid groups (broad SMARTS) is 1. The Bertz CT molecular complexity index is 291. The van der Waals surface area contributed by atoms with Gasteiger partial charge < -0.3 is 15.3 Å². The number of nitrogens with zero attached hydrogens (tertiary/aromatic N) is 1. The van der Waals surface area contributed by atoms with E-state index in [4.69, 9.17) is 5.11 Å². The molecule has 0 aliphatic carbocycles. The Hall–Kier alpha value is -1.10. The molecule has 0 radical (unpaired) electrons. The third kappa shape index (κ3) is 4.00. The van der Waals surface area contributed by atoms with Gasteiger partial charge in [-0.05, 0) is 25.8 Å². The molecule has 0 aromatic heterocycles. The average molecular weight is 242 g/mol. The fourth-order valence-electron chi connectivity index (χ4n) is 2.27. The number of nitrogens with one attached hydrogen (secondary N) is 1. The van der Waals surface area contributed by atoms with Crippen LogP contribution in [0.5, 0.6) is 0 Å². The quantitative estimate of drug-likeness (QED) is 0.739. The Balaban J connectivity index is 2.67. The molecular weight excluding hydrogens is 220 g/mol. The average Bonchev–Trinajstić information content (AvgIpc) is 2.61. The van der Waals surface area contributed by atoms with Crippen molar-refractivity contribution in [1.82, 2.24) is 10.2 Å². The first-order chi connectivity index (χ1) is 7.91. The smallest absolute Gasteiger partial charge is 0.323 e. The third-order valence-corrected chi connectivity index (χ3v) is 3.07. The lowest BCUT2D eigenvalue weighted by molar-refractivity contribution is -0.146. The molecule has 5 heteroatoms. The summed E-state index contributed by atoms with van der Waals surface area (Å²) in [7, 11) is 0. The maximum Gasteiger partial charge on any atom is 0.323 e. The summed E-state index contributed by atoms with van der Waals surface area (Å²) in [4.78, 5) is 24.5. The second kappa shape index (κ2) is 6.00. The minimum atomic E-state index is -0.947. The Morgan fingerprint density at radius 1 is 1.47 bits per heavy atom. The Labute approximate surface area is 102 Å². The number of amides is 1. The van der Waals surface area contributed by atoms with Crippen molar-refractivity contribution < 1.29 is 14.7 Å². The van der Waals surface area contributed by atoms with Gasteiger partial charge in [-0.1, -0.05) is 13.8 Å². The third-order valence-electron chi connectivity index (χ3n) is 3.07. The Morgan fingerprint density at radius 3 is 2.53 bits per heavy atom. The van der Waals surface area contributed by atoms with Crippen molar-refractivity contribution in [2.24, 2.45) is 11.8 Å². The van der Waals surface area contributed by atoms with Gasteiger partial charge in [0.05, 0.1) is 5.92 Å². The van der Waals surface area contributed by atoms with Crippen molar-refractivity contribution in [3.8, 4) is 0 Å². The van der Waals surface area contributed by atoms with Gasteiger partial charge in [-0.25, -0.2) is 0 Å². The van der Waals surface area contributed by atoms with Gasteiger partial charge in [0.15, 0.2) is 0 Å². The molecular formula is C12H22N2O3. The molecule has 1 heterocycles. The van der Waals surface area contributed by atoms with Gasteiger partial charge in [-0.3, -0.25) is 9.59 Å². The van der Waals surface area contributed by atoms with Gasteiger partial charge in [0, 0.05) is 12.6 Å². The number of hydrogen-bond donors (Lipinski definition) is 2. The normalized spacial score (nSPS) is 24.0. The monoisotopic (exact) mass is 242 g/mol. The summed E-state index contributed by atoms with van der Waals surface area (Å²) in [5, 5.41) is 12.1. The van der Waals surface area contributed by atoms with Crippen LogP contribution in [-0.4, -0.2) is 47.6 Å². The van der Waals surface area contributed by atoms with E-state index in [0.29, 0.717) is 6.54 Å². The van der Waals surface area contributed by atoms with Crippen LogP contribution >= 0.6 is 0 Å². The summed E-state index contributed by atoms with van der Waals surface area (Å²) in [5.74, 6) is -0.771. The molecule has 17 heavy (non-hydrogen) atoms. The SMILES string of the molecule is CC(C)CN(CC(=O)O)C(=O)C1CCNC1C.